The molecule has 0 atom stereocenters. The molecule has 0 unspecified atom stereocenters. The van der Waals surface area contributed by atoms with Gasteiger partial charge in [0.25, 0.3) is 5.91 Å². The first kappa shape index (κ1) is 20.1. The van der Waals surface area contributed by atoms with Crippen LogP contribution in [0.4, 0.5) is 0 Å². The van der Waals surface area contributed by atoms with E-state index in [4.69, 9.17) is 4.74 Å². The van der Waals surface area contributed by atoms with Gasteiger partial charge in [-0.1, -0.05) is 54.6 Å². The van der Waals surface area contributed by atoms with Gasteiger partial charge in [-0.2, -0.15) is 0 Å². The second kappa shape index (κ2) is 8.35. The molecule has 160 valence electrons. The fourth-order valence-electron chi connectivity index (χ4n) is 4.30. The van der Waals surface area contributed by atoms with Crippen molar-refractivity contribution in [3.8, 4) is 0 Å². The van der Waals surface area contributed by atoms with E-state index in [1.165, 1.54) is 21.8 Å². The van der Waals surface area contributed by atoms with E-state index in [9.17, 15) is 4.79 Å². The average Bonchev–Trinajstić information content (AvgIpc) is 3.31. The third-order valence-corrected chi connectivity index (χ3v) is 5.85. The van der Waals surface area contributed by atoms with E-state index in [2.05, 4.69) is 52.9 Å². The number of ether oxygens (including phenoxy) is 1. The van der Waals surface area contributed by atoms with Crippen LogP contribution in [0.15, 0.2) is 83.5 Å². The summed E-state index contributed by atoms with van der Waals surface area (Å²) in [5.41, 5.74) is 4.41. The number of benzene rings is 3. The highest BCUT2D eigenvalue weighted by Crippen LogP contribution is 2.31. The van der Waals surface area contributed by atoms with E-state index in [0.717, 1.165) is 17.7 Å². The molecule has 3 aromatic carbocycles. The van der Waals surface area contributed by atoms with Crippen molar-refractivity contribution >= 4 is 39.8 Å². The molecule has 0 aliphatic carbocycles. The maximum Gasteiger partial charge on any atom is 0.300 e. The lowest BCUT2D eigenvalue weighted by Gasteiger charge is -2.09. The molecule has 0 N–H and O–H groups in total. The Morgan fingerprint density at radius 1 is 0.875 bits per heavy atom. The third kappa shape index (κ3) is 3.46. The number of rotatable bonds is 5. The minimum absolute atomic E-state index is 0.157. The monoisotopic (exact) mass is 423 g/mol. The molecule has 2 heterocycles. The number of amidine groups is 1. The van der Waals surface area contributed by atoms with Crippen LogP contribution in [0.1, 0.15) is 25.0 Å². The van der Waals surface area contributed by atoms with Crippen LogP contribution in [-0.4, -0.2) is 27.9 Å². The van der Waals surface area contributed by atoms with Gasteiger partial charge in [0.05, 0.1) is 6.54 Å². The zero-order chi connectivity index (χ0) is 22.1. The van der Waals surface area contributed by atoms with Crippen LogP contribution in [-0.2, 0) is 22.6 Å². The molecule has 0 radical (unpaired) electrons. The summed E-state index contributed by atoms with van der Waals surface area (Å²) in [7, 11) is 0. The molecule has 0 saturated carbocycles. The van der Waals surface area contributed by atoms with Crippen molar-refractivity contribution in [3.05, 3.63) is 89.7 Å². The molecule has 1 amide bonds. The van der Waals surface area contributed by atoms with Gasteiger partial charge in [-0.3, -0.25) is 9.69 Å². The minimum atomic E-state index is -0.157. The van der Waals surface area contributed by atoms with Crippen molar-refractivity contribution in [1.82, 2.24) is 9.47 Å². The van der Waals surface area contributed by atoms with E-state index < -0.39 is 0 Å². The molecule has 5 heteroatoms. The van der Waals surface area contributed by atoms with Crippen LogP contribution in [0, 0.1) is 0 Å². The Bertz CT molecular complexity index is 1370. The molecule has 1 aromatic heterocycles. The first-order chi connectivity index (χ1) is 15.7. The number of aromatic nitrogens is 1. The minimum Gasteiger partial charge on any atom is -0.420 e. The summed E-state index contributed by atoms with van der Waals surface area (Å²) in [6, 6.07) is 25.0. The van der Waals surface area contributed by atoms with Crippen molar-refractivity contribution in [3.63, 3.8) is 0 Å². The Morgan fingerprint density at radius 3 is 2.41 bits per heavy atom. The predicted molar refractivity (Wildman–Crippen MR) is 129 cm³/mol. The number of para-hydroxylation sites is 1. The van der Waals surface area contributed by atoms with Gasteiger partial charge in [-0.25, -0.2) is 4.99 Å². The number of hydrogen-bond acceptors (Lipinski definition) is 3. The Morgan fingerprint density at radius 2 is 1.62 bits per heavy atom. The zero-order valence-electron chi connectivity index (χ0n) is 18.3. The standard InChI is InChI=1S/C27H25N3O2/c1-3-29-23-13-9-8-12-21(23)22-16-20(14-15-24(22)29)17-25-26(31)30(4-2)27(32-25)28-18-19-10-6-5-7-11-19/h5-17H,3-4,18H2,1-2H3. The number of nitrogens with zero attached hydrogens (tertiary/aromatic N) is 3. The Balaban J connectivity index is 1.50. The molecule has 1 aliphatic heterocycles. The number of carbonyl (C=O) groups is 1. The number of carbonyl (C=O) groups excluding carboxylic acids is 1. The summed E-state index contributed by atoms with van der Waals surface area (Å²) in [6.45, 7) is 5.96. The van der Waals surface area contributed by atoms with Gasteiger partial charge in [0, 0.05) is 34.9 Å². The second-order valence-electron chi connectivity index (χ2n) is 7.78. The molecular weight excluding hydrogens is 398 g/mol. The van der Waals surface area contributed by atoms with E-state index in [-0.39, 0.29) is 5.91 Å². The van der Waals surface area contributed by atoms with Gasteiger partial charge < -0.3 is 9.30 Å². The third-order valence-electron chi connectivity index (χ3n) is 5.85. The number of aliphatic imine (C=N–C) groups is 1. The first-order valence-electron chi connectivity index (χ1n) is 11.0. The molecule has 32 heavy (non-hydrogen) atoms. The second-order valence-corrected chi connectivity index (χ2v) is 7.78. The summed E-state index contributed by atoms with van der Waals surface area (Å²) in [4.78, 5) is 19.1. The largest absolute Gasteiger partial charge is 0.420 e. The average molecular weight is 424 g/mol. The highest BCUT2D eigenvalue weighted by molar-refractivity contribution is 6.12. The van der Waals surface area contributed by atoms with Crippen LogP contribution in [0.2, 0.25) is 0 Å². The summed E-state index contributed by atoms with van der Waals surface area (Å²) >= 11 is 0. The molecule has 1 aliphatic rings. The van der Waals surface area contributed by atoms with E-state index in [1.54, 1.807) is 4.90 Å². The first-order valence-corrected chi connectivity index (χ1v) is 11.0. The van der Waals surface area contributed by atoms with Crippen LogP contribution in [0.5, 0.6) is 0 Å². The van der Waals surface area contributed by atoms with Gasteiger partial charge >= 0.3 is 6.02 Å². The van der Waals surface area contributed by atoms with E-state index >= 15 is 0 Å². The lowest BCUT2D eigenvalue weighted by Crippen LogP contribution is -2.29. The molecule has 1 fully saturated rings. The number of hydrogen-bond donors (Lipinski definition) is 0. The predicted octanol–water partition coefficient (Wildman–Crippen LogP) is 5.59. The zero-order valence-corrected chi connectivity index (χ0v) is 18.3. The number of amides is 1. The highest BCUT2D eigenvalue weighted by Gasteiger charge is 2.33. The van der Waals surface area contributed by atoms with E-state index in [0.29, 0.717) is 24.9 Å². The highest BCUT2D eigenvalue weighted by atomic mass is 16.5. The van der Waals surface area contributed by atoms with Crippen LogP contribution < -0.4 is 0 Å². The quantitative estimate of drug-likeness (QED) is 0.393. The van der Waals surface area contributed by atoms with Gasteiger partial charge in [0.15, 0.2) is 5.76 Å². The molecule has 5 rings (SSSR count). The molecule has 0 spiro atoms. The molecule has 5 nitrogen and oxygen atoms in total. The van der Waals surface area contributed by atoms with E-state index in [1.807, 2.05) is 49.4 Å². The lowest BCUT2D eigenvalue weighted by atomic mass is 10.1. The van der Waals surface area contributed by atoms with Crippen molar-refractivity contribution in [1.29, 1.82) is 0 Å². The SMILES string of the molecule is CCN1C(=O)C(=Cc2ccc3c(c2)c2ccccc2n3CC)OC1=NCc1ccccc1. The fourth-order valence-corrected chi connectivity index (χ4v) is 4.30. The van der Waals surface area contributed by atoms with Crippen LogP contribution >= 0.6 is 0 Å². The topological polar surface area (TPSA) is 46.8 Å². The lowest BCUT2D eigenvalue weighted by molar-refractivity contribution is -0.122. The van der Waals surface area contributed by atoms with Crippen molar-refractivity contribution in [2.45, 2.75) is 26.9 Å². The molecular formula is C27H25N3O2. The number of aryl methyl sites for hydroxylation is 1. The van der Waals surface area contributed by atoms with Gasteiger partial charge in [0.1, 0.15) is 0 Å². The summed E-state index contributed by atoms with van der Waals surface area (Å²) in [5, 5.41) is 2.39. The number of fused-ring (bicyclic) bond motifs is 3. The maximum absolute atomic E-state index is 12.9. The Labute approximate surface area is 187 Å². The van der Waals surface area contributed by atoms with Gasteiger partial charge in [0.2, 0.25) is 0 Å². The molecule has 0 bridgehead atoms. The number of likely N-dealkylation sites (N-methyl/N-ethyl adjacent to an activating group) is 1. The Kier molecular flexibility index (Phi) is 5.23. The molecule has 4 aromatic rings. The summed E-state index contributed by atoms with van der Waals surface area (Å²) < 4.78 is 8.22. The Hall–Kier alpha value is -3.86. The smallest absolute Gasteiger partial charge is 0.300 e. The summed E-state index contributed by atoms with van der Waals surface area (Å²) in [6.07, 6.45) is 1.81. The van der Waals surface area contributed by atoms with Gasteiger partial charge in [-0.05, 0) is 49.2 Å². The van der Waals surface area contributed by atoms with Crippen molar-refractivity contribution in [2.75, 3.05) is 6.54 Å². The summed E-state index contributed by atoms with van der Waals surface area (Å²) in [5.74, 6) is 0.146. The van der Waals surface area contributed by atoms with Crippen LogP contribution in [0.3, 0.4) is 0 Å². The van der Waals surface area contributed by atoms with Crippen molar-refractivity contribution < 1.29 is 9.53 Å². The van der Waals surface area contributed by atoms with Crippen LogP contribution in [0.25, 0.3) is 27.9 Å². The van der Waals surface area contributed by atoms with Gasteiger partial charge in [-0.15, -0.1) is 0 Å². The van der Waals surface area contributed by atoms with Crippen molar-refractivity contribution in [2.24, 2.45) is 4.99 Å². The molecule has 1 saturated heterocycles. The fraction of sp³-hybridized carbons (Fsp3) is 0.185. The normalized spacial score (nSPS) is 16.6. The maximum atomic E-state index is 12.9.